The van der Waals surface area contributed by atoms with E-state index in [9.17, 15) is 18.0 Å². The Bertz CT molecular complexity index is 298. The highest BCUT2D eigenvalue weighted by Crippen LogP contribution is 2.38. The van der Waals surface area contributed by atoms with Gasteiger partial charge in [-0.2, -0.15) is 13.2 Å². The zero-order valence-electron chi connectivity index (χ0n) is 9.41. The number of carboxylic acids is 1. The van der Waals surface area contributed by atoms with Gasteiger partial charge in [-0.25, -0.2) is 0 Å². The summed E-state index contributed by atoms with van der Waals surface area (Å²) in [5.74, 6) is -2.40. The molecule has 3 nitrogen and oxygen atoms in total. The number of hydrogen-bond donors (Lipinski definition) is 1. The standard InChI is InChI=1S/C11H16F3NO2/c12-11(13,14)7-3-5-15(6-4-7)9-2-1-8(9)10(16)17/h7-9H,1-6H2,(H,16,17). The lowest BCUT2D eigenvalue weighted by Crippen LogP contribution is -2.53. The maximum absolute atomic E-state index is 12.5. The van der Waals surface area contributed by atoms with Gasteiger partial charge in [0.2, 0.25) is 0 Å². The van der Waals surface area contributed by atoms with Crippen molar-refractivity contribution in [1.82, 2.24) is 4.90 Å². The molecule has 1 aliphatic carbocycles. The van der Waals surface area contributed by atoms with Gasteiger partial charge in [0.05, 0.1) is 11.8 Å². The topological polar surface area (TPSA) is 40.5 Å². The minimum Gasteiger partial charge on any atom is -0.481 e. The van der Waals surface area contributed by atoms with Crippen molar-refractivity contribution in [3.63, 3.8) is 0 Å². The second-order valence-electron chi connectivity index (χ2n) is 4.94. The van der Waals surface area contributed by atoms with E-state index in [1.165, 1.54) is 0 Å². The van der Waals surface area contributed by atoms with Crippen LogP contribution in [0.4, 0.5) is 13.2 Å². The summed E-state index contributed by atoms with van der Waals surface area (Å²) in [4.78, 5) is 12.8. The van der Waals surface area contributed by atoms with Crippen LogP contribution in [0.15, 0.2) is 0 Å². The van der Waals surface area contributed by atoms with Crippen LogP contribution in [0.3, 0.4) is 0 Å². The van der Waals surface area contributed by atoms with Crippen molar-refractivity contribution in [2.24, 2.45) is 11.8 Å². The van der Waals surface area contributed by atoms with Crippen LogP contribution >= 0.6 is 0 Å². The number of likely N-dealkylation sites (tertiary alicyclic amines) is 1. The predicted molar refractivity (Wildman–Crippen MR) is 54.5 cm³/mol. The fraction of sp³-hybridized carbons (Fsp3) is 0.909. The molecule has 2 fully saturated rings. The van der Waals surface area contributed by atoms with Crippen LogP contribution in [0.1, 0.15) is 25.7 Å². The number of aliphatic carboxylic acids is 1. The Morgan fingerprint density at radius 1 is 1.12 bits per heavy atom. The minimum absolute atomic E-state index is 0.0401. The summed E-state index contributed by atoms with van der Waals surface area (Å²) >= 11 is 0. The number of rotatable bonds is 2. The van der Waals surface area contributed by atoms with E-state index in [-0.39, 0.29) is 24.8 Å². The van der Waals surface area contributed by atoms with E-state index in [0.29, 0.717) is 19.5 Å². The Kier molecular flexibility index (Phi) is 3.34. The fourth-order valence-electron chi connectivity index (χ4n) is 2.77. The highest BCUT2D eigenvalue weighted by molar-refractivity contribution is 5.72. The third kappa shape index (κ3) is 2.56. The molecule has 1 N–H and O–H groups in total. The van der Waals surface area contributed by atoms with Crippen molar-refractivity contribution >= 4 is 5.97 Å². The molecule has 0 aromatic carbocycles. The van der Waals surface area contributed by atoms with E-state index < -0.39 is 18.1 Å². The van der Waals surface area contributed by atoms with Gasteiger partial charge in [-0.05, 0) is 38.8 Å². The lowest BCUT2D eigenvalue weighted by Gasteiger charge is -2.45. The van der Waals surface area contributed by atoms with E-state index >= 15 is 0 Å². The molecule has 1 saturated heterocycles. The molecule has 0 amide bonds. The SMILES string of the molecule is O=C(O)C1CCC1N1CCC(C(F)(F)F)CC1. The molecule has 1 heterocycles. The summed E-state index contributed by atoms with van der Waals surface area (Å²) in [6, 6.07) is -0.0401. The molecule has 6 heteroatoms. The lowest BCUT2D eigenvalue weighted by atomic mass is 9.77. The smallest absolute Gasteiger partial charge is 0.391 e. The first kappa shape index (κ1) is 12.7. The monoisotopic (exact) mass is 251 g/mol. The highest BCUT2D eigenvalue weighted by atomic mass is 19.4. The molecule has 0 aromatic heterocycles. The largest absolute Gasteiger partial charge is 0.481 e. The number of halogens is 3. The van der Waals surface area contributed by atoms with Crippen LogP contribution in [0.5, 0.6) is 0 Å². The molecule has 17 heavy (non-hydrogen) atoms. The van der Waals surface area contributed by atoms with Gasteiger partial charge in [-0.3, -0.25) is 9.69 Å². The molecular formula is C11H16F3NO2. The number of piperidine rings is 1. The summed E-state index contributed by atoms with van der Waals surface area (Å²) < 4.78 is 37.4. The molecule has 2 atom stereocenters. The summed E-state index contributed by atoms with van der Waals surface area (Å²) in [5.41, 5.74) is 0. The molecule has 2 rings (SSSR count). The van der Waals surface area contributed by atoms with E-state index in [0.717, 1.165) is 6.42 Å². The number of hydrogen-bond acceptors (Lipinski definition) is 2. The Morgan fingerprint density at radius 2 is 1.71 bits per heavy atom. The molecule has 0 bridgehead atoms. The molecule has 0 aromatic rings. The van der Waals surface area contributed by atoms with E-state index in [1.54, 1.807) is 0 Å². The number of carboxylic acid groups (broad SMARTS) is 1. The summed E-state index contributed by atoms with van der Waals surface area (Å²) in [6.45, 7) is 0.747. The van der Waals surface area contributed by atoms with Gasteiger partial charge < -0.3 is 5.11 Å². The van der Waals surface area contributed by atoms with Gasteiger partial charge in [0, 0.05) is 6.04 Å². The van der Waals surface area contributed by atoms with Crippen LogP contribution < -0.4 is 0 Å². The maximum atomic E-state index is 12.5. The number of nitrogens with zero attached hydrogens (tertiary/aromatic N) is 1. The normalized spacial score (nSPS) is 32.2. The van der Waals surface area contributed by atoms with Crippen LogP contribution in [0.2, 0.25) is 0 Å². The molecule has 0 radical (unpaired) electrons. The zero-order valence-corrected chi connectivity index (χ0v) is 9.41. The van der Waals surface area contributed by atoms with Crippen molar-refractivity contribution in [3.8, 4) is 0 Å². The molecule has 1 saturated carbocycles. The second-order valence-corrected chi connectivity index (χ2v) is 4.94. The maximum Gasteiger partial charge on any atom is 0.391 e. The van der Waals surface area contributed by atoms with Gasteiger partial charge in [0.25, 0.3) is 0 Å². The quantitative estimate of drug-likeness (QED) is 0.817. The zero-order chi connectivity index (χ0) is 12.6. The minimum atomic E-state index is -4.10. The lowest BCUT2D eigenvalue weighted by molar-refractivity contribution is -0.188. The first-order valence-corrected chi connectivity index (χ1v) is 5.93. The van der Waals surface area contributed by atoms with Crippen molar-refractivity contribution in [2.45, 2.75) is 37.9 Å². The van der Waals surface area contributed by atoms with E-state index in [1.807, 2.05) is 4.90 Å². The highest BCUT2D eigenvalue weighted by Gasteiger charge is 2.45. The van der Waals surface area contributed by atoms with Gasteiger partial charge in [-0.1, -0.05) is 0 Å². The Morgan fingerprint density at radius 3 is 2.06 bits per heavy atom. The summed E-state index contributed by atoms with van der Waals surface area (Å²) in [6.07, 6.45) is -2.44. The van der Waals surface area contributed by atoms with E-state index in [2.05, 4.69) is 0 Å². The van der Waals surface area contributed by atoms with Gasteiger partial charge in [0.1, 0.15) is 0 Å². The average molecular weight is 251 g/mol. The van der Waals surface area contributed by atoms with Gasteiger partial charge in [0.15, 0.2) is 0 Å². The number of alkyl halides is 3. The van der Waals surface area contributed by atoms with E-state index in [4.69, 9.17) is 5.11 Å². The molecular weight excluding hydrogens is 235 g/mol. The molecule has 0 spiro atoms. The van der Waals surface area contributed by atoms with Crippen molar-refractivity contribution < 1.29 is 23.1 Å². The van der Waals surface area contributed by atoms with Gasteiger partial charge >= 0.3 is 12.1 Å². The van der Waals surface area contributed by atoms with Crippen LogP contribution in [0, 0.1) is 11.8 Å². The van der Waals surface area contributed by atoms with Crippen LogP contribution in [-0.2, 0) is 4.79 Å². The predicted octanol–water partition coefficient (Wildman–Crippen LogP) is 2.12. The first-order chi connectivity index (χ1) is 7.89. The summed E-state index contributed by atoms with van der Waals surface area (Å²) in [5, 5.41) is 8.91. The fourth-order valence-corrected chi connectivity index (χ4v) is 2.77. The average Bonchev–Trinajstić information content (AvgIpc) is 2.14. The number of carbonyl (C=O) groups is 1. The third-order valence-corrected chi connectivity index (χ3v) is 4.02. The first-order valence-electron chi connectivity index (χ1n) is 5.93. The van der Waals surface area contributed by atoms with Crippen molar-refractivity contribution in [3.05, 3.63) is 0 Å². The Labute approximate surface area is 97.6 Å². The molecule has 98 valence electrons. The van der Waals surface area contributed by atoms with Crippen LogP contribution in [0.25, 0.3) is 0 Å². The molecule has 2 aliphatic rings. The Hall–Kier alpha value is -0.780. The van der Waals surface area contributed by atoms with Gasteiger partial charge in [-0.15, -0.1) is 0 Å². The molecule has 2 unspecified atom stereocenters. The van der Waals surface area contributed by atoms with Crippen molar-refractivity contribution in [1.29, 1.82) is 0 Å². The van der Waals surface area contributed by atoms with Crippen LogP contribution in [-0.4, -0.2) is 41.3 Å². The second kappa shape index (κ2) is 4.48. The van der Waals surface area contributed by atoms with Crippen molar-refractivity contribution in [2.75, 3.05) is 13.1 Å². The Balaban J connectivity index is 1.85. The third-order valence-electron chi connectivity index (χ3n) is 4.02. The summed E-state index contributed by atoms with van der Waals surface area (Å²) in [7, 11) is 0. The molecule has 1 aliphatic heterocycles.